The zero-order valence-corrected chi connectivity index (χ0v) is 10.9. The van der Waals surface area contributed by atoms with Gasteiger partial charge in [-0.25, -0.2) is 0 Å². The second-order valence-corrected chi connectivity index (χ2v) is 5.50. The minimum absolute atomic E-state index is 0.0215. The van der Waals surface area contributed by atoms with E-state index in [2.05, 4.69) is 5.32 Å². The zero-order chi connectivity index (χ0) is 13.1. The van der Waals surface area contributed by atoms with Gasteiger partial charge in [-0.2, -0.15) is 0 Å². The molecule has 1 unspecified atom stereocenters. The van der Waals surface area contributed by atoms with Crippen LogP contribution in [0.25, 0.3) is 0 Å². The van der Waals surface area contributed by atoms with E-state index >= 15 is 0 Å². The van der Waals surface area contributed by atoms with Gasteiger partial charge >= 0.3 is 0 Å². The van der Waals surface area contributed by atoms with Crippen LogP contribution in [0, 0.1) is 5.41 Å². The lowest BCUT2D eigenvalue weighted by Crippen LogP contribution is -2.49. The topological polar surface area (TPSA) is 72.8 Å². The van der Waals surface area contributed by atoms with E-state index in [1.807, 2.05) is 18.9 Å². The maximum Gasteiger partial charge on any atom is 0.237 e. The van der Waals surface area contributed by atoms with E-state index in [1.165, 1.54) is 0 Å². The number of hydrogen-bond acceptors (Lipinski definition) is 4. The highest BCUT2D eigenvalue weighted by Crippen LogP contribution is 2.20. The number of rotatable bonds is 7. The molecule has 100 valence electrons. The molecule has 1 atom stereocenters. The summed E-state index contributed by atoms with van der Waals surface area (Å²) in [6, 6.07) is 0.119. The van der Waals surface area contributed by atoms with Crippen LogP contribution in [0.5, 0.6) is 0 Å². The zero-order valence-electron chi connectivity index (χ0n) is 10.9. The second kappa shape index (κ2) is 5.80. The van der Waals surface area contributed by atoms with Crippen LogP contribution in [-0.2, 0) is 4.79 Å². The van der Waals surface area contributed by atoms with Gasteiger partial charge in [0.1, 0.15) is 0 Å². The Morgan fingerprint density at radius 1 is 1.47 bits per heavy atom. The largest absolute Gasteiger partial charge is 0.396 e. The Balaban J connectivity index is 2.44. The normalized spacial score (nSPS) is 18.2. The van der Waals surface area contributed by atoms with Crippen LogP contribution >= 0.6 is 0 Å². The first kappa shape index (κ1) is 14.4. The molecular weight excluding hydrogens is 220 g/mol. The molecule has 0 heterocycles. The van der Waals surface area contributed by atoms with Crippen LogP contribution in [0.4, 0.5) is 0 Å². The molecule has 0 spiro atoms. The molecule has 1 fully saturated rings. The third-order valence-electron chi connectivity index (χ3n) is 3.36. The molecule has 5 nitrogen and oxygen atoms in total. The number of amides is 1. The third-order valence-corrected chi connectivity index (χ3v) is 3.36. The lowest BCUT2D eigenvalue weighted by molar-refractivity contribution is -0.126. The summed E-state index contributed by atoms with van der Waals surface area (Å²) in [5.41, 5.74) is -0.567. The van der Waals surface area contributed by atoms with Crippen molar-refractivity contribution in [2.75, 3.05) is 26.8 Å². The first-order valence-corrected chi connectivity index (χ1v) is 6.14. The van der Waals surface area contributed by atoms with E-state index in [0.717, 1.165) is 12.8 Å². The highest BCUT2D eigenvalue weighted by atomic mass is 16.3. The van der Waals surface area contributed by atoms with Crippen LogP contribution in [0.2, 0.25) is 0 Å². The van der Waals surface area contributed by atoms with Crippen LogP contribution in [0.1, 0.15) is 26.7 Å². The number of carbonyl (C=O) groups excluding carboxylic acids is 1. The Morgan fingerprint density at radius 3 is 2.41 bits per heavy atom. The molecule has 1 rings (SSSR count). The molecule has 0 aliphatic heterocycles. The minimum atomic E-state index is -0.567. The predicted octanol–water partition coefficient (Wildman–Crippen LogP) is -0.424. The number of nitrogens with one attached hydrogen (secondary N) is 1. The lowest BCUT2D eigenvalue weighted by Gasteiger charge is -2.33. The molecule has 0 aromatic heterocycles. The summed E-state index contributed by atoms with van der Waals surface area (Å²) >= 11 is 0. The van der Waals surface area contributed by atoms with Gasteiger partial charge in [0.15, 0.2) is 0 Å². The number of carbonyl (C=O) groups is 1. The first-order chi connectivity index (χ1) is 7.91. The van der Waals surface area contributed by atoms with E-state index in [-0.39, 0.29) is 25.2 Å². The van der Waals surface area contributed by atoms with Gasteiger partial charge in [0.25, 0.3) is 0 Å². The SMILES string of the molecule is CC(C(=O)NC1CC1)N(C)CC(C)(CO)CO. The van der Waals surface area contributed by atoms with Gasteiger partial charge < -0.3 is 15.5 Å². The van der Waals surface area contributed by atoms with E-state index in [9.17, 15) is 15.0 Å². The molecule has 0 bridgehead atoms. The molecule has 0 saturated heterocycles. The maximum atomic E-state index is 11.8. The summed E-state index contributed by atoms with van der Waals surface area (Å²) in [7, 11) is 1.83. The highest BCUT2D eigenvalue weighted by Gasteiger charge is 2.30. The Labute approximate surface area is 103 Å². The molecule has 1 amide bonds. The predicted molar refractivity (Wildman–Crippen MR) is 65.5 cm³/mol. The van der Waals surface area contributed by atoms with Gasteiger partial charge in [0, 0.05) is 18.0 Å². The van der Waals surface area contributed by atoms with Crippen LogP contribution in [-0.4, -0.2) is 59.9 Å². The minimum Gasteiger partial charge on any atom is -0.396 e. The third kappa shape index (κ3) is 4.26. The summed E-state index contributed by atoms with van der Waals surface area (Å²) in [4.78, 5) is 13.7. The van der Waals surface area contributed by atoms with E-state index in [0.29, 0.717) is 12.6 Å². The number of aliphatic hydroxyl groups excluding tert-OH is 2. The molecular formula is C12H24N2O3. The monoisotopic (exact) mass is 244 g/mol. The Hall–Kier alpha value is -0.650. The molecule has 0 aromatic rings. The van der Waals surface area contributed by atoms with Crippen molar-refractivity contribution >= 4 is 5.91 Å². The fourth-order valence-electron chi connectivity index (χ4n) is 1.64. The molecule has 0 radical (unpaired) electrons. The van der Waals surface area contributed by atoms with Crippen molar-refractivity contribution in [1.82, 2.24) is 10.2 Å². The molecule has 1 aliphatic carbocycles. The molecule has 0 aromatic carbocycles. The molecule has 3 N–H and O–H groups in total. The molecule has 5 heteroatoms. The van der Waals surface area contributed by atoms with Gasteiger partial charge in [-0.15, -0.1) is 0 Å². The van der Waals surface area contributed by atoms with E-state index in [1.54, 1.807) is 6.92 Å². The van der Waals surface area contributed by atoms with Crippen molar-refractivity contribution in [3.05, 3.63) is 0 Å². The van der Waals surface area contributed by atoms with Gasteiger partial charge in [0.05, 0.1) is 19.3 Å². The highest BCUT2D eigenvalue weighted by molar-refractivity contribution is 5.81. The van der Waals surface area contributed by atoms with Crippen LogP contribution < -0.4 is 5.32 Å². The van der Waals surface area contributed by atoms with Crippen molar-refractivity contribution in [3.8, 4) is 0 Å². The molecule has 17 heavy (non-hydrogen) atoms. The van der Waals surface area contributed by atoms with E-state index < -0.39 is 5.41 Å². The summed E-state index contributed by atoms with van der Waals surface area (Å²) in [6.07, 6.45) is 2.15. The summed E-state index contributed by atoms with van der Waals surface area (Å²) in [6.45, 7) is 3.94. The van der Waals surface area contributed by atoms with Crippen molar-refractivity contribution in [3.63, 3.8) is 0 Å². The van der Waals surface area contributed by atoms with Gasteiger partial charge in [0.2, 0.25) is 5.91 Å². The Kier molecular flexibility index (Phi) is 4.91. The second-order valence-electron chi connectivity index (χ2n) is 5.50. The van der Waals surface area contributed by atoms with Gasteiger partial charge in [-0.05, 0) is 26.8 Å². The van der Waals surface area contributed by atoms with Crippen molar-refractivity contribution in [2.45, 2.75) is 38.8 Å². The Bertz CT molecular complexity index is 262. The fourth-order valence-corrected chi connectivity index (χ4v) is 1.64. The van der Waals surface area contributed by atoms with Crippen molar-refractivity contribution < 1.29 is 15.0 Å². The first-order valence-electron chi connectivity index (χ1n) is 6.14. The number of nitrogens with zero attached hydrogens (tertiary/aromatic N) is 1. The van der Waals surface area contributed by atoms with E-state index in [4.69, 9.17) is 0 Å². The maximum absolute atomic E-state index is 11.8. The number of likely N-dealkylation sites (N-methyl/N-ethyl adjacent to an activating group) is 1. The average molecular weight is 244 g/mol. The summed E-state index contributed by atoms with van der Waals surface area (Å²) < 4.78 is 0. The molecule has 1 saturated carbocycles. The van der Waals surface area contributed by atoms with Crippen LogP contribution in [0.3, 0.4) is 0 Å². The van der Waals surface area contributed by atoms with Gasteiger partial charge in [-0.1, -0.05) is 6.92 Å². The smallest absolute Gasteiger partial charge is 0.237 e. The molecule has 1 aliphatic rings. The fraction of sp³-hybridized carbons (Fsp3) is 0.917. The number of aliphatic hydroxyl groups is 2. The standard InChI is InChI=1S/C12H24N2O3/c1-9(11(17)13-10-4-5-10)14(3)6-12(2,7-15)8-16/h9-10,15-16H,4-8H2,1-3H3,(H,13,17). The lowest BCUT2D eigenvalue weighted by atomic mass is 9.92. The van der Waals surface area contributed by atoms with Gasteiger partial charge in [-0.3, -0.25) is 9.69 Å². The van der Waals surface area contributed by atoms with Crippen molar-refractivity contribution in [1.29, 1.82) is 0 Å². The quantitative estimate of drug-likeness (QED) is 0.568. The van der Waals surface area contributed by atoms with Crippen molar-refractivity contribution in [2.24, 2.45) is 5.41 Å². The summed E-state index contributed by atoms with van der Waals surface area (Å²) in [5.74, 6) is 0.0215. The Morgan fingerprint density at radius 2 is 2.00 bits per heavy atom. The summed E-state index contributed by atoms with van der Waals surface area (Å²) in [5, 5.41) is 21.4. The van der Waals surface area contributed by atoms with Crippen LogP contribution in [0.15, 0.2) is 0 Å². The average Bonchev–Trinajstić information content (AvgIpc) is 3.11. The number of hydrogen-bond donors (Lipinski definition) is 3.